The number of hydrogen-bond acceptors (Lipinski definition) is 3. The predicted molar refractivity (Wildman–Crippen MR) is 73.6 cm³/mol. The second-order valence-corrected chi connectivity index (χ2v) is 5.71. The van der Waals surface area contributed by atoms with Crippen LogP contribution in [-0.4, -0.2) is 39.1 Å². The van der Waals surface area contributed by atoms with Crippen molar-refractivity contribution in [1.82, 2.24) is 9.88 Å². The van der Waals surface area contributed by atoms with Crippen LogP contribution in [0, 0.1) is 0 Å². The Morgan fingerprint density at radius 3 is 2.74 bits per heavy atom. The van der Waals surface area contributed by atoms with E-state index < -0.39 is 11.6 Å². The fraction of sp³-hybridized carbons (Fsp3) is 0.600. The summed E-state index contributed by atoms with van der Waals surface area (Å²) in [4.78, 5) is 18.0. The summed E-state index contributed by atoms with van der Waals surface area (Å²) in [7, 11) is 0. The molecule has 1 atom stereocenters. The molecular weight excluding hydrogens is 240 g/mol. The summed E-state index contributed by atoms with van der Waals surface area (Å²) in [6.07, 6.45) is 6.10. The van der Waals surface area contributed by atoms with E-state index in [2.05, 4.69) is 4.98 Å². The van der Waals surface area contributed by atoms with Crippen molar-refractivity contribution in [2.75, 3.05) is 6.54 Å². The first-order valence-corrected chi connectivity index (χ1v) is 6.89. The number of nitrogens with zero attached hydrogens (tertiary/aromatic N) is 2. The van der Waals surface area contributed by atoms with E-state index in [0.29, 0.717) is 19.4 Å². The standard InChI is InChI=1S/C15H22N2O2/c1-15(2)13(18)8-11-17(15)14(19)5-3-4-12-6-9-16-10-7-12/h6-7,9-10,13,18H,3-5,8,11H2,1-2H3. The highest BCUT2D eigenvalue weighted by atomic mass is 16.3. The van der Waals surface area contributed by atoms with Gasteiger partial charge >= 0.3 is 0 Å². The lowest BCUT2D eigenvalue weighted by Gasteiger charge is -2.33. The number of hydrogen-bond donors (Lipinski definition) is 1. The Hall–Kier alpha value is -1.42. The van der Waals surface area contributed by atoms with Gasteiger partial charge in [-0.15, -0.1) is 0 Å². The Bertz CT molecular complexity index is 431. The number of aryl methyl sites for hydroxylation is 1. The number of aliphatic hydroxyl groups is 1. The molecular formula is C15H22N2O2. The zero-order chi connectivity index (χ0) is 13.9. The highest BCUT2D eigenvalue weighted by molar-refractivity contribution is 5.77. The van der Waals surface area contributed by atoms with Gasteiger partial charge in [0.1, 0.15) is 0 Å². The smallest absolute Gasteiger partial charge is 0.223 e. The van der Waals surface area contributed by atoms with Gasteiger partial charge in [0.05, 0.1) is 11.6 Å². The van der Waals surface area contributed by atoms with E-state index in [9.17, 15) is 9.90 Å². The molecule has 104 valence electrons. The molecule has 1 fully saturated rings. The van der Waals surface area contributed by atoms with Crippen molar-refractivity contribution in [2.24, 2.45) is 0 Å². The van der Waals surface area contributed by atoms with Gasteiger partial charge in [-0.3, -0.25) is 9.78 Å². The van der Waals surface area contributed by atoms with E-state index in [0.717, 1.165) is 12.8 Å². The van der Waals surface area contributed by atoms with Crippen LogP contribution >= 0.6 is 0 Å². The normalized spacial score (nSPS) is 21.6. The van der Waals surface area contributed by atoms with Crippen molar-refractivity contribution in [2.45, 2.75) is 51.2 Å². The zero-order valence-corrected chi connectivity index (χ0v) is 11.7. The summed E-state index contributed by atoms with van der Waals surface area (Å²) >= 11 is 0. The summed E-state index contributed by atoms with van der Waals surface area (Å²) in [6.45, 7) is 4.54. The maximum absolute atomic E-state index is 12.2. The molecule has 0 spiro atoms. The van der Waals surface area contributed by atoms with E-state index >= 15 is 0 Å². The summed E-state index contributed by atoms with van der Waals surface area (Å²) in [5, 5.41) is 9.88. The Balaban J connectivity index is 1.82. The summed E-state index contributed by atoms with van der Waals surface area (Å²) in [6, 6.07) is 3.96. The Kier molecular flexibility index (Phi) is 4.20. The molecule has 1 N–H and O–H groups in total. The molecule has 1 unspecified atom stereocenters. The summed E-state index contributed by atoms with van der Waals surface area (Å²) < 4.78 is 0. The van der Waals surface area contributed by atoms with Gasteiger partial charge in [-0.1, -0.05) is 0 Å². The minimum Gasteiger partial charge on any atom is -0.391 e. The van der Waals surface area contributed by atoms with E-state index in [1.54, 1.807) is 12.4 Å². The van der Waals surface area contributed by atoms with Crippen LogP contribution < -0.4 is 0 Å². The number of carbonyl (C=O) groups is 1. The highest BCUT2D eigenvalue weighted by Gasteiger charge is 2.42. The number of pyridine rings is 1. The molecule has 1 aromatic heterocycles. The number of carbonyl (C=O) groups excluding carboxylic acids is 1. The van der Waals surface area contributed by atoms with Crippen LogP contribution in [0.25, 0.3) is 0 Å². The third-order valence-electron chi connectivity index (χ3n) is 4.04. The largest absolute Gasteiger partial charge is 0.391 e. The Morgan fingerprint density at radius 2 is 2.16 bits per heavy atom. The van der Waals surface area contributed by atoms with Gasteiger partial charge in [0.25, 0.3) is 0 Å². The Morgan fingerprint density at radius 1 is 1.47 bits per heavy atom. The maximum atomic E-state index is 12.2. The molecule has 2 heterocycles. The minimum atomic E-state index is -0.423. The molecule has 0 aliphatic carbocycles. The first kappa shape index (κ1) is 14.0. The van der Waals surface area contributed by atoms with Crippen molar-refractivity contribution in [3.05, 3.63) is 30.1 Å². The number of amides is 1. The molecule has 1 amide bonds. The van der Waals surface area contributed by atoms with Crippen LogP contribution in [0.4, 0.5) is 0 Å². The molecule has 4 heteroatoms. The average molecular weight is 262 g/mol. The lowest BCUT2D eigenvalue weighted by atomic mass is 9.98. The van der Waals surface area contributed by atoms with E-state index in [-0.39, 0.29) is 5.91 Å². The molecule has 0 bridgehead atoms. The van der Waals surface area contributed by atoms with Gasteiger partial charge < -0.3 is 10.0 Å². The lowest BCUT2D eigenvalue weighted by molar-refractivity contribution is -0.136. The van der Waals surface area contributed by atoms with Gasteiger partial charge in [-0.2, -0.15) is 0 Å². The Labute approximate surface area is 114 Å². The molecule has 0 radical (unpaired) electrons. The van der Waals surface area contributed by atoms with Crippen LogP contribution in [0.15, 0.2) is 24.5 Å². The highest BCUT2D eigenvalue weighted by Crippen LogP contribution is 2.29. The molecule has 2 rings (SSSR count). The number of rotatable bonds is 4. The lowest BCUT2D eigenvalue weighted by Crippen LogP contribution is -2.48. The maximum Gasteiger partial charge on any atom is 0.223 e. The van der Waals surface area contributed by atoms with Crippen molar-refractivity contribution in [1.29, 1.82) is 0 Å². The molecule has 0 aromatic carbocycles. The van der Waals surface area contributed by atoms with Gasteiger partial charge in [0.2, 0.25) is 5.91 Å². The van der Waals surface area contributed by atoms with Crippen LogP contribution in [0.5, 0.6) is 0 Å². The van der Waals surface area contributed by atoms with Gasteiger partial charge in [0.15, 0.2) is 0 Å². The number of aromatic nitrogens is 1. The number of likely N-dealkylation sites (tertiary alicyclic amines) is 1. The summed E-state index contributed by atoms with van der Waals surface area (Å²) in [5.41, 5.74) is 0.789. The topological polar surface area (TPSA) is 53.4 Å². The minimum absolute atomic E-state index is 0.149. The van der Waals surface area contributed by atoms with Crippen molar-refractivity contribution >= 4 is 5.91 Å². The molecule has 0 saturated carbocycles. The van der Waals surface area contributed by atoms with E-state index in [4.69, 9.17) is 0 Å². The average Bonchev–Trinajstić information content (AvgIpc) is 2.65. The van der Waals surface area contributed by atoms with E-state index in [1.165, 1.54) is 5.56 Å². The molecule has 1 aliphatic heterocycles. The molecule has 4 nitrogen and oxygen atoms in total. The fourth-order valence-corrected chi connectivity index (χ4v) is 2.65. The predicted octanol–water partition coefficient (Wildman–Crippen LogP) is 1.78. The van der Waals surface area contributed by atoms with Gasteiger partial charge in [0, 0.05) is 25.4 Å². The van der Waals surface area contributed by atoms with Crippen LogP contribution in [0.1, 0.15) is 38.7 Å². The van der Waals surface area contributed by atoms with Crippen molar-refractivity contribution < 1.29 is 9.90 Å². The molecule has 1 aliphatic rings. The molecule has 1 aromatic rings. The SMILES string of the molecule is CC1(C)C(O)CCN1C(=O)CCCc1ccncc1. The summed E-state index contributed by atoms with van der Waals surface area (Å²) in [5.74, 6) is 0.149. The molecule has 19 heavy (non-hydrogen) atoms. The quantitative estimate of drug-likeness (QED) is 0.900. The number of aliphatic hydroxyl groups excluding tert-OH is 1. The monoisotopic (exact) mass is 262 g/mol. The first-order chi connectivity index (χ1) is 9.01. The zero-order valence-electron chi connectivity index (χ0n) is 11.7. The van der Waals surface area contributed by atoms with Crippen LogP contribution in [0.3, 0.4) is 0 Å². The van der Waals surface area contributed by atoms with E-state index in [1.807, 2.05) is 30.9 Å². The first-order valence-electron chi connectivity index (χ1n) is 6.89. The van der Waals surface area contributed by atoms with Crippen LogP contribution in [-0.2, 0) is 11.2 Å². The second-order valence-electron chi connectivity index (χ2n) is 5.71. The third-order valence-corrected chi connectivity index (χ3v) is 4.04. The van der Waals surface area contributed by atoms with Crippen molar-refractivity contribution in [3.63, 3.8) is 0 Å². The van der Waals surface area contributed by atoms with Gasteiger partial charge in [-0.05, 0) is 50.8 Å². The fourth-order valence-electron chi connectivity index (χ4n) is 2.65. The van der Waals surface area contributed by atoms with Crippen LogP contribution in [0.2, 0.25) is 0 Å². The third kappa shape index (κ3) is 3.13. The second kappa shape index (κ2) is 5.70. The van der Waals surface area contributed by atoms with Crippen molar-refractivity contribution in [3.8, 4) is 0 Å². The van der Waals surface area contributed by atoms with Gasteiger partial charge in [-0.25, -0.2) is 0 Å². The molecule has 1 saturated heterocycles.